The molecule has 0 unspecified atom stereocenters. The van der Waals surface area contributed by atoms with Gasteiger partial charge in [0.25, 0.3) is 5.91 Å². The number of carbonyl (C=O) groups excluding carboxylic acids is 5. The number of fused-ring (bicyclic) bond motifs is 3. The minimum atomic E-state index is -4.87. The number of ether oxygens (including phenoxy) is 1. The number of alkyl halides is 3. The highest BCUT2D eigenvalue weighted by atomic mass is 32.2. The third-order valence-electron chi connectivity index (χ3n) is 10.4. The highest BCUT2D eigenvalue weighted by molar-refractivity contribution is 7.91. The van der Waals surface area contributed by atoms with Crippen molar-refractivity contribution >= 4 is 39.7 Å². The predicted octanol–water partition coefficient (Wildman–Crippen LogP) is 2.72. The molecule has 4 bridgehead atoms. The van der Waals surface area contributed by atoms with Gasteiger partial charge < -0.3 is 20.3 Å². The van der Waals surface area contributed by atoms with Crippen LogP contribution in [0.2, 0.25) is 0 Å². The number of rotatable bonds is 7. The van der Waals surface area contributed by atoms with Gasteiger partial charge in [0.2, 0.25) is 27.7 Å². The monoisotopic (exact) mass is 737 g/mol. The van der Waals surface area contributed by atoms with Gasteiger partial charge in [0.15, 0.2) is 0 Å². The first-order valence-electron chi connectivity index (χ1n) is 17.3. The Balaban J connectivity index is 1.27. The number of amides is 5. The van der Waals surface area contributed by atoms with E-state index in [9.17, 15) is 45.6 Å². The van der Waals surface area contributed by atoms with Gasteiger partial charge in [-0.25, -0.2) is 13.2 Å². The van der Waals surface area contributed by atoms with Crippen LogP contribution < -0.4 is 15.4 Å². The second-order valence-electron chi connectivity index (χ2n) is 14.2. The summed E-state index contributed by atoms with van der Waals surface area (Å²) in [5.74, 6) is -4.57. The average Bonchev–Trinajstić information content (AvgIpc) is 3.95. The third kappa shape index (κ3) is 8.17. The molecule has 5 aliphatic rings. The van der Waals surface area contributed by atoms with Crippen molar-refractivity contribution < 1.29 is 50.3 Å². The predicted molar refractivity (Wildman–Crippen MR) is 175 cm³/mol. The molecule has 13 nitrogen and oxygen atoms in total. The van der Waals surface area contributed by atoms with Crippen molar-refractivity contribution in [1.29, 1.82) is 0 Å². The van der Waals surface area contributed by atoms with E-state index in [-0.39, 0.29) is 32.4 Å². The molecular weight excluding hydrogens is 695 g/mol. The first-order chi connectivity index (χ1) is 24.1. The SMILES string of the molecule is C=C[C@H]1C[C@]1(NC(=O)[C@@H]1C[C@@H]2CN1C(=O)[C@H](CC(F)(F)F)NC(=O)CCCCCCc1cccc3c1CN(C3)C(=O)O2)C(=O)NS(=O)(=O)C1CC1. The number of nitrogens with one attached hydrogen (secondary N) is 3. The van der Waals surface area contributed by atoms with E-state index < -0.39 is 93.8 Å². The molecule has 3 heterocycles. The van der Waals surface area contributed by atoms with E-state index in [1.165, 1.54) is 11.0 Å². The maximum atomic E-state index is 13.9. The number of benzene rings is 1. The molecule has 5 atom stereocenters. The smallest absolute Gasteiger partial charge is 0.410 e. The summed E-state index contributed by atoms with van der Waals surface area (Å²) in [7, 11) is -4.00. The highest BCUT2D eigenvalue weighted by Crippen LogP contribution is 2.45. The first-order valence-corrected chi connectivity index (χ1v) is 18.9. The van der Waals surface area contributed by atoms with Crippen molar-refractivity contribution in [3.63, 3.8) is 0 Å². The van der Waals surface area contributed by atoms with Crippen LogP contribution in [0.4, 0.5) is 18.0 Å². The summed E-state index contributed by atoms with van der Waals surface area (Å²) in [4.78, 5) is 69.8. The lowest BCUT2D eigenvalue weighted by molar-refractivity contribution is -0.157. The van der Waals surface area contributed by atoms with Crippen molar-refractivity contribution in [3.8, 4) is 0 Å². The number of hydrogen-bond donors (Lipinski definition) is 3. The molecule has 17 heteroatoms. The number of sulfonamides is 1. The van der Waals surface area contributed by atoms with Gasteiger partial charge in [-0.3, -0.25) is 28.8 Å². The van der Waals surface area contributed by atoms with Crippen molar-refractivity contribution in [2.24, 2.45) is 5.92 Å². The molecule has 1 aromatic carbocycles. The van der Waals surface area contributed by atoms with E-state index >= 15 is 0 Å². The fourth-order valence-electron chi connectivity index (χ4n) is 7.32. The molecule has 1 aromatic rings. The van der Waals surface area contributed by atoms with Crippen LogP contribution in [0.5, 0.6) is 0 Å². The van der Waals surface area contributed by atoms with Gasteiger partial charge in [0.05, 0.1) is 18.2 Å². The van der Waals surface area contributed by atoms with Gasteiger partial charge in [-0.05, 0) is 55.2 Å². The van der Waals surface area contributed by atoms with E-state index in [1.807, 2.05) is 22.9 Å². The Morgan fingerprint density at radius 2 is 1.76 bits per heavy atom. The van der Waals surface area contributed by atoms with Crippen LogP contribution in [0, 0.1) is 5.92 Å². The molecule has 6 rings (SSSR count). The zero-order valence-corrected chi connectivity index (χ0v) is 28.8. The Kier molecular flexibility index (Phi) is 10.1. The second kappa shape index (κ2) is 14.1. The molecule has 278 valence electrons. The van der Waals surface area contributed by atoms with E-state index in [0.29, 0.717) is 25.7 Å². The molecule has 1 saturated heterocycles. The maximum absolute atomic E-state index is 13.9. The zero-order valence-electron chi connectivity index (χ0n) is 28.0. The van der Waals surface area contributed by atoms with Crippen LogP contribution in [-0.4, -0.2) is 89.6 Å². The molecule has 51 heavy (non-hydrogen) atoms. The molecule has 3 fully saturated rings. The number of nitrogens with zero attached hydrogens (tertiary/aromatic N) is 2. The van der Waals surface area contributed by atoms with Crippen LogP contribution >= 0.6 is 0 Å². The number of hydrogen-bond acceptors (Lipinski definition) is 8. The Bertz CT molecular complexity index is 1720. The summed E-state index contributed by atoms with van der Waals surface area (Å²) in [5, 5.41) is 4.03. The van der Waals surface area contributed by atoms with Crippen molar-refractivity contribution in [2.75, 3.05) is 6.54 Å². The molecule has 0 radical (unpaired) electrons. The molecule has 3 N–H and O–H groups in total. The van der Waals surface area contributed by atoms with E-state index in [1.54, 1.807) is 0 Å². The van der Waals surface area contributed by atoms with Crippen molar-refractivity contribution in [1.82, 2.24) is 25.2 Å². The Hall–Kier alpha value is -4.15. The fourth-order valence-corrected chi connectivity index (χ4v) is 8.68. The average molecular weight is 738 g/mol. The normalized spacial score (nSPS) is 28.9. The highest BCUT2D eigenvalue weighted by Gasteiger charge is 2.62. The molecule has 0 aromatic heterocycles. The minimum absolute atomic E-state index is 0.00238. The van der Waals surface area contributed by atoms with Crippen LogP contribution in [0.1, 0.15) is 80.9 Å². The van der Waals surface area contributed by atoms with Gasteiger partial charge in [0, 0.05) is 31.8 Å². The lowest BCUT2D eigenvalue weighted by Crippen LogP contribution is -2.58. The number of aryl methyl sites for hydroxylation is 1. The summed E-state index contributed by atoms with van der Waals surface area (Å²) in [5.41, 5.74) is 1.33. The van der Waals surface area contributed by atoms with Gasteiger partial charge in [0.1, 0.15) is 23.7 Å². The third-order valence-corrected chi connectivity index (χ3v) is 12.2. The fraction of sp³-hybridized carbons (Fsp3) is 0.618. The summed E-state index contributed by atoms with van der Waals surface area (Å²) >= 11 is 0. The summed E-state index contributed by atoms with van der Waals surface area (Å²) in [6.45, 7) is 3.74. The molecule has 3 aliphatic heterocycles. The topological polar surface area (TPSA) is 171 Å². The standard InChI is InChI=1S/C34H42F3N5O8S/c1-2-22-15-33(22,31(46)40-51(48,49)24-12-13-24)39-29(44)27-14-23-18-42(27)30(45)26(16-34(35,36)37)38-28(43)11-6-4-3-5-8-20-9-7-10-21-17-41(19-25(20)21)32(47)50-23/h2,7,9-10,22-24,26-27H,1,3-6,8,11-19H2,(H,38,43)(H,39,44)(H,40,46)/t22-,23+,26-,27-,33+/m0/s1. The van der Waals surface area contributed by atoms with Gasteiger partial charge in [-0.1, -0.05) is 37.1 Å². The molecule has 5 amide bonds. The molecule has 2 aliphatic carbocycles. The van der Waals surface area contributed by atoms with Crippen LogP contribution in [0.15, 0.2) is 30.9 Å². The van der Waals surface area contributed by atoms with Crippen molar-refractivity contribution in [3.05, 3.63) is 47.5 Å². The number of carbonyl (C=O) groups is 5. The van der Waals surface area contributed by atoms with Gasteiger partial charge >= 0.3 is 12.3 Å². The Morgan fingerprint density at radius 1 is 1.06 bits per heavy atom. The Labute approximate surface area is 293 Å². The summed E-state index contributed by atoms with van der Waals surface area (Å²) < 4.78 is 74.3. The molecule has 2 saturated carbocycles. The Morgan fingerprint density at radius 3 is 2.43 bits per heavy atom. The molecular formula is C34H42F3N5O8S. The number of halogens is 3. The lowest BCUT2D eigenvalue weighted by Gasteiger charge is -2.30. The lowest BCUT2D eigenvalue weighted by atomic mass is 9.98. The van der Waals surface area contributed by atoms with Gasteiger partial charge in [-0.2, -0.15) is 13.2 Å². The van der Waals surface area contributed by atoms with Crippen LogP contribution in [-0.2, 0) is 53.4 Å². The van der Waals surface area contributed by atoms with Crippen LogP contribution in [0.3, 0.4) is 0 Å². The summed E-state index contributed by atoms with van der Waals surface area (Å²) in [6, 6.07) is 2.25. The van der Waals surface area contributed by atoms with E-state index in [2.05, 4.69) is 17.2 Å². The van der Waals surface area contributed by atoms with E-state index in [4.69, 9.17) is 4.74 Å². The molecule has 0 spiro atoms. The largest absolute Gasteiger partial charge is 0.444 e. The quantitative estimate of drug-likeness (QED) is 0.359. The first kappa shape index (κ1) is 36.6. The second-order valence-corrected chi connectivity index (χ2v) is 16.2. The zero-order chi connectivity index (χ0) is 36.7. The summed E-state index contributed by atoms with van der Waals surface area (Å²) in [6.07, 6.45) is -3.37. The minimum Gasteiger partial charge on any atom is -0.444 e. The van der Waals surface area contributed by atoms with Crippen LogP contribution in [0.25, 0.3) is 0 Å². The maximum Gasteiger partial charge on any atom is 0.410 e. The van der Waals surface area contributed by atoms with Gasteiger partial charge in [-0.15, -0.1) is 6.58 Å². The van der Waals surface area contributed by atoms with Crippen molar-refractivity contribution in [2.45, 2.75) is 119 Å². The van der Waals surface area contributed by atoms with E-state index in [0.717, 1.165) is 40.9 Å².